The molecular formula is C14H20BrNO. The highest BCUT2D eigenvalue weighted by atomic mass is 79.9. The number of halogens is 1. The molecule has 0 aliphatic carbocycles. The summed E-state index contributed by atoms with van der Waals surface area (Å²) in [5.74, 6) is 0.113. The summed E-state index contributed by atoms with van der Waals surface area (Å²) in [6.07, 6.45) is 1.00. The Morgan fingerprint density at radius 2 is 1.88 bits per heavy atom. The van der Waals surface area contributed by atoms with Gasteiger partial charge < -0.3 is 4.90 Å². The Balaban J connectivity index is 2.85. The minimum absolute atomic E-state index is 0.113. The van der Waals surface area contributed by atoms with Crippen LogP contribution in [0.1, 0.15) is 36.7 Å². The zero-order valence-electron chi connectivity index (χ0n) is 10.7. The molecule has 0 atom stereocenters. The van der Waals surface area contributed by atoms with Crippen LogP contribution >= 0.6 is 15.9 Å². The van der Waals surface area contributed by atoms with Crippen molar-refractivity contribution in [1.29, 1.82) is 0 Å². The molecule has 0 radical (unpaired) electrons. The fourth-order valence-electron chi connectivity index (χ4n) is 1.73. The van der Waals surface area contributed by atoms with Gasteiger partial charge in [-0.05, 0) is 38.0 Å². The maximum Gasteiger partial charge on any atom is 0.254 e. The molecule has 0 heterocycles. The van der Waals surface area contributed by atoms with E-state index >= 15 is 0 Å². The number of rotatable bonds is 5. The third-order valence-electron chi connectivity index (χ3n) is 2.82. The Morgan fingerprint density at radius 1 is 1.29 bits per heavy atom. The van der Waals surface area contributed by atoms with Crippen molar-refractivity contribution in [3.05, 3.63) is 35.4 Å². The first-order valence-corrected chi connectivity index (χ1v) is 7.18. The van der Waals surface area contributed by atoms with Gasteiger partial charge in [0.25, 0.3) is 5.91 Å². The maximum absolute atomic E-state index is 12.3. The van der Waals surface area contributed by atoms with Crippen molar-refractivity contribution in [2.45, 2.75) is 33.2 Å². The van der Waals surface area contributed by atoms with Crippen LogP contribution < -0.4 is 0 Å². The van der Waals surface area contributed by atoms with Crippen molar-refractivity contribution in [1.82, 2.24) is 4.90 Å². The fraction of sp³-hybridized carbons (Fsp3) is 0.500. The molecule has 3 heteroatoms. The molecule has 1 aromatic carbocycles. The highest BCUT2D eigenvalue weighted by molar-refractivity contribution is 9.09. The lowest BCUT2D eigenvalue weighted by atomic mass is 10.1. The van der Waals surface area contributed by atoms with Gasteiger partial charge in [-0.2, -0.15) is 0 Å². The van der Waals surface area contributed by atoms with Crippen LogP contribution in [0.15, 0.2) is 24.3 Å². The average molecular weight is 298 g/mol. The van der Waals surface area contributed by atoms with E-state index < -0.39 is 0 Å². The van der Waals surface area contributed by atoms with Crippen LogP contribution in [0.2, 0.25) is 0 Å². The van der Waals surface area contributed by atoms with Gasteiger partial charge in [-0.15, -0.1) is 0 Å². The van der Waals surface area contributed by atoms with Gasteiger partial charge >= 0.3 is 0 Å². The minimum Gasteiger partial charge on any atom is -0.335 e. The zero-order chi connectivity index (χ0) is 12.8. The molecule has 17 heavy (non-hydrogen) atoms. The van der Waals surface area contributed by atoms with E-state index in [9.17, 15) is 4.79 Å². The van der Waals surface area contributed by atoms with Crippen LogP contribution in [0.5, 0.6) is 0 Å². The number of benzene rings is 1. The number of alkyl halides is 1. The highest BCUT2D eigenvalue weighted by Gasteiger charge is 2.17. The van der Waals surface area contributed by atoms with Crippen LogP contribution in [-0.2, 0) is 6.42 Å². The van der Waals surface area contributed by atoms with Gasteiger partial charge in [0.1, 0.15) is 0 Å². The van der Waals surface area contributed by atoms with Crippen LogP contribution in [0.3, 0.4) is 0 Å². The first kappa shape index (κ1) is 14.2. The number of hydrogen-bond donors (Lipinski definition) is 0. The van der Waals surface area contributed by atoms with Crippen LogP contribution in [0, 0.1) is 0 Å². The summed E-state index contributed by atoms with van der Waals surface area (Å²) in [4.78, 5) is 14.2. The molecular weight excluding hydrogens is 278 g/mol. The topological polar surface area (TPSA) is 20.3 Å². The molecule has 0 aromatic heterocycles. The monoisotopic (exact) mass is 297 g/mol. The van der Waals surface area contributed by atoms with Crippen LogP contribution in [0.4, 0.5) is 0 Å². The summed E-state index contributed by atoms with van der Waals surface area (Å²) in [5, 5.41) is 0.809. The van der Waals surface area contributed by atoms with E-state index in [1.807, 2.05) is 43.0 Å². The molecule has 0 unspecified atom stereocenters. The lowest BCUT2D eigenvalue weighted by Gasteiger charge is -2.26. The van der Waals surface area contributed by atoms with Crippen molar-refractivity contribution in [3.8, 4) is 0 Å². The number of carbonyl (C=O) groups is 1. The minimum atomic E-state index is 0.113. The zero-order valence-corrected chi connectivity index (χ0v) is 12.3. The Morgan fingerprint density at radius 3 is 2.29 bits per heavy atom. The number of aryl methyl sites for hydroxylation is 1. The van der Waals surface area contributed by atoms with Crippen molar-refractivity contribution in [3.63, 3.8) is 0 Å². The lowest BCUT2D eigenvalue weighted by molar-refractivity contribution is 0.0719. The molecule has 1 amide bonds. The van der Waals surface area contributed by atoms with Gasteiger partial charge in [0.05, 0.1) is 0 Å². The summed E-state index contributed by atoms with van der Waals surface area (Å²) in [5.41, 5.74) is 2.04. The standard InChI is InChI=1S/C14H20BrNO/c1-4-12-5-7-13(8-6-12)14(17)16(10-9-15)11(2)3/h5-8,11H,4,9-10H2,1-3H3. The summed E-state index contributed by atoms with van der Waals surface area (Å²) in [7, 11) is 0. The number of amides is 1. The third-order valence-corrected chi connectivity index (χ3v) is 3.17. The predicted molar refractivity (Wildman–Crippen MR) is 75.8 cm³/mol. The molecule has 0 fully saturated rings. The molecule has 0 spiro atoms. The fourth-order valence-corrected chi connectivity index (χ4v) is 2.12. The second kappa shape index (κ2) is 6.80. The first-order chi connectivity index (χ1) is 8.10. The molecule has 94 valence electrons. The molecule has 2 nitrogen and oxygen atoms in total. The van der Waals surface area contributed by atoms with Crippen molar-refractivity contribution >= 4 is 21.8 Å². The van der Waals surface area contributed by atoms with E-state index in [0.717, 1.165) is 23.9 Å². The van der Waals surface area contributed by atoms with Crippen molar-refractivity contribution in [2.75, 3.05) is 11.9 Å². The third kappa shape index (κ3) is 3.84. The smallest absolute Gasteiger partial charge is 0.254 e. The van der Waals surface area contributed by atoms with E-state index in [4.69, 9.17) is 0 Å². The van der Waals surface area contributed by atoms with Crippen LogP contribution in [-0.4, -0.2) is 28.7 Å². The summed E-state index contributed by atoms with van der Waals surface area (Å²) in [6, 6.07) is 8.13. The quantitative estimate of drug-likeness (QED) is 0.762. The Kier molecular flexibility index (Phi) is 5.69. The molecule has 0 N–H and O–H groups in total. The van der Waals surface area contributed by atoms with Crippen molar-refractivity contribution < 1.29 is 4.79 Å². The van der Waals surface area contributed by atoms with E-state index in [1.165, 1.54) is 5.56 Å². The second-order valence-corrected chi connectivity index (χ2v) is 5.12. The Hall–Kier alpha value is -0.830. The van der Waals surface area contributed by atoms with Gasteiger partial charge in [-0.25, -0.2) is 0 Å². The molecule has 0 saturated carbocycles. The highest BCUT2D eigenvalue weighted by Crippen LogP contribution is 2.11. The average Bonchev–Trinajstić information content (AvgIpc) is 2.35. The summed E-state index contributed by atoms with van der Waals surface area (Å²) < 4.78 is 0. The van der Waals surface area contributed by atoms with Gasteiger partial charge in [0, 0.05) is 23.5 Å². The summed E-state index contributed by atoms with van der Waals surface area (Å²) >= 11 is 3.39. The second-order valence-electron chi connectivity index (χ2n) is 4.33. The first-order valence-electron chi connectivity index (χ1n) is 6.06. The molecule has 0 bridgehead atoms. The lowest BCUT2D eigenvalue weighted by Crippen LogP contribution is -2.38. The predicted octanol–water partition coefficient (Wildman–Crippen LogP) is 3.49. The van der Waals surface area contributed by atoms with Gasteiger partial charge in [0.15, 0.2) is 0 Å². The molecule has 0 saturated heterocycles. The maximum atomic E-state index is 12.3. The molecule has 1 rings (SSSR count). The molecule has 0 aliphatic rings. The van der Waals surface area contributed by atoms with Gasteiger partial charge in [0.2, 0.25) is 0 Å². The van der Waals surface area contributed by atoms with Crippen LogP contribution in [0.25, 0.3) is 0 Å². The number of hydrogen-bond acceptors (Lipinski definition) is 1. The normalized spacial score (nSPS) is 10.6. The number of nitrogens with zero attached hydrogens (tertiary/aromatic N) is 1. The Labute approximate surface area is 112 Å². The largest absolute Gasteiger partial charge is 0.335 e. The molecule has 0 aliphatic heterocycles. The van der Waals surface area contributed by atoms with Crippen molar-refractivity contribution in [2.24, 2.45) is 0 Å². The molecule has 1 aromatic rings. The van der Waals surface area contributed by atoms with E-state index in [2.05, 4.69) is 22.9 Å². The Bertz CT molecular complexity index is 359. The van der Waals surface area contributed by atoms with Gasteiger partial charge in [-0.1, -0.05) is 35.0 Å². The van der Waals surface area contributed by atoms with Gasteiger partial charge in [-0.3, -0.25) is 4.79 Å². The van der Waals surface area contributed by atoms with E-state index in [-0.39, 0.29) is 11.9 Å². The van der Waals surface area contributed by atoms with E-state index in [1.54, 1.807) is 0 Å². The van der Waals surface area contributed by atoms with E-state index in [0.29, 0.717) is 0 Å². The summed E-state index contributed by atoms with van der Waals surface area (Å²) in [6.45, 7) is 6.94. The SMILES string of the molecule is CCc1ccc(C(=O)N(CCBr)C(C)C)cc1. The number of carbonyl (C=O) groups excluding carboxylic acids is 1.